The zero-order valence-corrected chi connectivity index (χ0v) is 15.9. The van der Waals surface area contributed by atoms with Gasteiger partial charge >= 0.3 is 5.97 Å². The van der Waals surface area contributed by atoms with E-state index in [9.17, 15) is 14.4 Å². The van der Waals surface area contributed by atoms with Crippen LogP contribution < -0.4 is 4.74 Å². The van der Waals surface area contributed by atoms with Crippen molar-refractivity contribution in [2.75, 3.05) is 6.61 Å². The Hall–Kier alpha value is -3.41. The van der Waals surface area contributed by atoms with Crippen molar-refractivity contribution in [2.45, 2.75) is 26.9 Å². The average Bonchev–Trinajstić information content (AvgIpc) is 3.01. The van der Waals surface area contributed by atoms with Crippen LogP contribution in [0.15, 0.2) is 48.5 Å². The van der Waals surface area contributed by atoms with Gasteiger partial charge < -0.3 is 14.5 Å². The van der Waals surface area contributed by atoms with Gasteiger partial charge in [-0.1, -0.05) is 30.3 Å². The van der Waals surface area contributed by atoms with Crippen molar-refractivity contribution in [3.05, 3.63) is 65.4 Å². The molecule has 1 N–H and O–H groups in total. The van der Waals surface area contributed by atoms with E-state index in [1.807, 2.05) is 31.2 Å². The van der Waals surface area contributed by atoms with Crippen molar-refractivity contribution in [3.8, 4) is 5.75 Å². The smallest absolute Gasteiger partial charge is 0.344 e. The molecule has 1 heterocycles. The van der Waals surface area contributed by atoms with E-state index in [4.69, 9.17) is 9.47 Å². The van der Waals surface area contributed by atoms with Crippen molar-refractivity contribution in [2.24, 2.45) is 0 Å². The van der Waals surface area contributed by atoms with Gasteiger partial charge in [0.05, 0.1) is 0 Å². The maximum Gasteiger partial charge on any atom is 0.344 e. The zero-order valence-electron chi connectivity index (χ0n) is 15.9. The minimum Gasteiger partial charge on any atom is -0.482 e. The lowest BCUT2D eigenvalue weighted by atomic mass is 10.0. The van der Waals surface area contributed by atoms with Crippen LogP contribution in [0.4, 0.5) is 0 Å². The molecule has 3 aromatic rings. The number of para-hydroxylation sites is 1. The molecule has 0 amide bonds. The van der Waals surface area contributed by atoms with Crippen LogP contribution in [0.2, 0.25) is 0 Å². The second-order valence-electron chi connectivity index (χ2n) is 6.54. The fourth-order valence-corrected chi connectivity index (χ4v) is 3.03. The first kappa shape index (κ1) is 19.4. The van der Waals surface area contributed by atoms with Crippen molar-refractivity contribution in [1.29, 1.82) is 0 Å². The highest BCUT2D eigenvalue weighted by atomic mass is 16.6. The van der Waals surface area contributed by atoms with Gasteiger partial charge in [0.2, 0.25) is 5.78 Å². The number of aryl methyl sites for hydroxylation is 1. The number of hydrogen-bond donors (Lipinski definition) is 1. The predicted molar refractivity (Wildman–Crippen MR) is 105 cm³/mol. The van der Waals surface area contributed by atoms with Crippen LogP contribution in [0, 0.1) is 6.92 Å². The van der Waals surface area contributed by atoms with Gasteiger partial charge in [0.25, 0.3) is 0 Å². The van der Waals surface area contributed by atoms with Crippen LogP contribution in [-0.2, 0) is 9.53 Å². The Kier molecular flexibility index (Phi) is 5.59. The van der Waals surface area contributed by atoms with Crippen molar-refractivity contribution in [1.82, 2.24) is 4.98 Å². The Labute approximate surface area is 162 Å². The van der Waals surface area contributed by atoms with E-state index in [0.717, 1.165) is 16.6 Å². The molecule has 1 aromatic heterocycles. The first-order chi connectivity index (χ1) is 13.4. The van der Waals surface area contributed by atoms with E-state index < -0.39 is 12.1 Å². The lowest BCUT2D eigenvalue weighted by Gasteiger charge is -2.13. The molecule has 28 heavy (non-hydrogen) atoms. The maximum atomic E-state index is 12.8. The number of ketones is 2. The molecule has 3 rings (SSSR count). The Balaban J connectivity index is 1.64. The molecule has 0 aliphatic rings. The Morgan fingerprint density at radius 2 is 1.82 bits per heavy atom. The van der Waals surface area contributed by atoms with Gasteiger partial charge in [-0.15, -0.1) is 0 Å². The third-order valence-electron chi connectivity index (χ3n) is 4.41. The number of ether oxygens (including phenoxy) is 2. The van der Waals surface area contributed by atoms with E-state index >= 15 is 0 Å². The second-order valence-corrected chi connectivity index (χ2v) is 6.54. The summed E-state index contributed by atoms with van der Waals surface area (Å²) in [5, 5.41) is 0.796. The van der Waals surface area contributed by atoms with Gasteiger partial charge in [-0.3, -0.25) is 9.59 Å². The minimum atomic E-state index is -0.947. The number of fused-ring (bicyclic) bond motifs is 1. The van der Waals surface area contributed by atoms with E-state index in [-0.39, 0.29) is 18.2 Å². The fourth-order valence-electron chi connectivity index (χ4n) is 3.03. The third kappa shape index (κ3) is 4.11. The molecule has 0 aliphatic heterocycles. The number of carbonyl (C=O) groups is 3. The normalized spacial score (nSPS) is 11.8. The molecule has 0 bridgehead atoms. The van der Waals surface area contributed by atoms with Gasteiger partial charge in [-0.25, -0.2) is 4.79 Å². The highest BCUT2D eigenvalue weighted by Crippen LogP contribution is 2.24. The first-order valence-electron chi connectivity index (χ1n) is 8.91. The van der Waals surface area contributed by atoms with Crippen LogP contribution in [0.5, 0.6) is 5.75 Å². The predicted octanol–water partition coefficient (Wildman–Crippen LogP) is 3.87. The molecule has 144 valence electrons. The highest BCUT2D eigenvalue weighted by Gasteiger charge is 2.24. The second kappa shape index (κ2) is 8.08. The number of esters is 1. The number of Topliss-reactive ketones (excluding diaryl/α,β-unsaturated/α-hetero) is 2. The van der Waals surface area contributed by atoms with Gasteiger partial charge in [0, 0.05) is 27.7 Å². The van der Waals surface area contributed by atoms with Gasteiger partial charge in [0.1, 0.15) is 5.75 Å². The summed E-state index contributed by atoms with van der Waals surface area (Å²) in [6.07, 6.45) is -0.947. The van der Waals surface area contributed by atoms with E-state index in [0.29, 0.717) is 16.9 Å². The molecule has 2 aromatic carbocycles. The summed E-state index contributed by atoms with van der Waals surface area (Å²) >= 11 is 0. The minimum absolute atomic E-state index is 0.0960. The average molecular weight is 379 g/mol. The zero-order chi connectivity index (χ0) is 20.3. The Morgan fingerprint density at radius 1 is 1.07 bits per heavy atom. The van der Waals surface area contributed by atoms with Crippen LogP contribution >= 0.6 is 0 Å². The third-order valence-corrected chi connectivity index (χ3v) is 4.41. The standard InChI is InChI=1S/C22H21NO5/c1-13-21(18-9-4-5-10-19(18)23-13)22(26)15(3)28-20(25)12-27-17-8-6-7-16(11-17)14(2)24/h4-11,15,23H,12H2,1-3H3/t15-/m1/s1. The summed E-state index contributed by atoms with van der Waals surface area (Å²) in [6.45, 7) is 4.45. The first-order valence-corrected chi connectivity index (χ1v) is 8.91. The summed E-state index contributed by atoms with van der Waals surface area (Å²) in [5.41, 5.74) is 2.59. The van der Waals surface area contributed by atoms with Crippen molar-refractivity contribution in [3.63, 3.8) is 0 Å². The molecule has 0 unspecified atom stereocenters. The SMILES string of the molecule is CC(=O)c1cccc(OCC(=O)O[C@H](C)C(=O)c2c(C)[nH]c3ccccc23)c1. The molecule has 0 spiro atoms. The summed E-state index contributed by atoms with van der Waals surface area (Å²) in [4.78, 5) is 39.5. The quantitative estimate of drug-likeness (QED) is 0.497. The lowest BCUT2D eigenvalue weighted by molar-refractivity contribution is -0.148. The summed E-state index contributed by atoms with van der Waals surface area (Å²) in [6, 6.07) is 14.0. The van der Waals surface area contributed by atoms with E-state index in [1.54, 1.807) is 24.3 Å². The van der Waals surface area contributed by atoms with Gasteiger partial charge in [-0.05, 0) is 39.0 Å². The van der Waals surface area contributed by atoms with Crippen LogP contribution in [0.25, 0.3) is 10.9 Å². The number of H-pyrrole nitrogens is 1. The monoisotopic (exact) mass is 379 g/mol. The number of rotatable bonds is 7. The molecule has 0 radical (unpaired) electrons. The number of hydrogen-bond acceptors (Lipinski definition) is 5. The van der Waals surface area contributed by atoms with E-state index in [1.165, 1.54) is 13.8 Å². The largest absolute Gasteiger partial charge is 0.482 e. The molecule has 0 aliphatic carbocycles. The molecule has 1 atom stereocenters. The maximum absolute atomic E-state index is 12.8. The fraction of sp³-hybridized carbons (Fsp3) is 0.227. The van der Waals surface area contributed by atoms with Crippen LogP contribution in [0.1, 0.15) is 40.3 Å². The van der Waals surface area contributed by atoms with Crippen molar-refractivity contribution < 1.29 is 23.9 Å². The molecule has 6 nitrogen and oxygen atoms in total. The number of aromatic nitrogens is 1. The summed E-state index contributed by atoms with van der Waals surface area (Å²) in [5.74, 6) is -0.647. The Bertz CT molecular complexity index is 1050. The number of carbonyl (C=O) groups excluding carboxylic acids is 3. The molecule has 0 fully saturated rings. The number of nitrogens with one attached hydrogen (secondary N) is 1. The molecule has 0 saturated heterocycles. The van der Waals surface area contributed by atoms with E-state index in [2.05, 4.69) is 4.98 Å². The van der Waals surface area contributed by atoms with Gasteiger partial charge in [0.15, 0.2) is 18.5 Å². The summed E-state index contributed by atoms with van der Waals surface area (Å²) < 4.78 is 10.6. The van der Waals surface area contributed by atoms with Crippen molar-refractivity contribution >= 4 is 28.4 Å². The molecule has 0 saturated carbocycles. The Morgan fingerprint density at radius 3 is 2.57 bits per heavy atom. The number of aromatic amines is 1. The number of benzene rings is 2. The van der Waals surface area contributed by atoms with Gasteiger partial charge in [-0.2, -0.15) is 0 Å². The highest BCUT2D eigenvalue weighted by molar-refractivity contribution is 6.11. The topological polar surface area (TPSA) is 85.5 Å². The summed E-state index contributed by atoms with van der Waals surface area (Å²) in [7, 11) is 0. The molecule has 6 heteroatoms. The van der Waals surface area contributed by atoms with Crippen LogP contribution in [0.3, 0.4) is 0 Å². The molecular weight excluding hydrogens is 358 g/mol. The molecular formula is C22H21NO5. The van der Waals surface area contributed by atoms with Crippen LogP contribution in [-0.4, -0.2) is 35.2 Å². The lowest BCUT2D eigenvalue weighted by Crippen LogP contribution is -2.27.